The van der Waals surface area contributed by atoms with E-state index in [1.165, 1.54) is 10.9 Å². The Bertz CT molecular complexity index is 857. The molecule has 146 valence electrons. The summed E-state index contributed by atoms with van der Waals surface area (Å²) >= 11 is 0. The molecule has 1 unspecified atom stereocenters. The summed E-state index contributed by atoms with van der Waals surface area (Å²) in [6.45, 7) is -0.501. The number of nitrogens with one attached hydrogen (secondary N) is 1. The van der Waals surface area contributed by atoms with E-state index in [0.29, 0.717) is 0 Å². The number of hydrogen-bond donors (Lipinski definition) is 6. The molecule has 0 amide bonds. The molecule has 1 aliphatic rings. The Kier molecular flexibility index (Phi) is 5.18. The molecule has 0 aliphatic carbocycles. The average Bonchev–Trinajstić information content (AvgIpc) is 3.16. The van der Waals surface area contributed by atoms with Crippen molar-refractivity contribution in [2.75, 3.05) is 11.9 Å². The van der Waals surface area contributed by atoms with E-state index in [0.717, 1.165) is 6.33 Å². The number of aliphatic hydroxyl groups excluding tert-OH is 3. The van der Waals surface area contributed by atoms with E-state index in [1.807, 2.05) is 0 Å². The summed E-state index contributed by atoms with van der Waals surface area (Å²) in [4.78, 5) is 34.0. The Morgan fingerprint density at radius 2 is 1.96 bits per heavy atom. The number of rotatable bonds is 7. The fourth-order valence-electron chi connectivity index (χ4n) is 2.79. The van der Waals surface area contributed by atoms with Gasteiger partial charge < -0.3 is 35.6 Å². The fourth-order valence-corrected chi connectivity index (χ4v) is 2.79. The number of aromatic nitrogens is 4. The van der Waals surface area contributed by atoms with Crippen molar-refractivity contribution in [3.63, 3.8) is 0 Å². The number of fused-ring (bicyclic) bond motifs is 1. The highest BCUT2D eigenvalue weighted by Gasteiger charge is 2.44. The molecule has 0 saturated carbocycles. The molecule has 1 fully saturated rings. The van der Waals surface area contributed by atoms with E-state index in [2.05, 4.69) is 20.3 Å². The van der Waals surface area contributed by atoms with Crippen LogP contribution in [0.1, 0.15) is 12.6 Å². The van der Waals surface area contributed by atoms with Crippen LogP contribution in [-0.2, 0) is 14.3 Å². The van der Waals surface area contributed by atoms with Gasteiger partial charge in [-0.15, -0.1) is 0 Å². The van der Waals surface area contributed by atoms with Gasteiger partial charge >= 0.3 is 11.9 Å². The van der Waals surface area contributed by atoms with Crippen molar-refractivity contribution < 1.29 is 39.9 Å². The van der Waals surface area contributed by atoms with Gasteiger partial charge in [-0.2, -0.15) is 0 Å². The van der Waals surface area contributed by atoms with E-state index >= 15 is 0 Å². The predicted molar refractivity (Wildman–Crippen MR) is 85.6 cm³/mol. The zero-order valence-corrected chi connectivity index (χ0v) is 13.7. The van der Waals surface area contributed by atoms with Gasteiger partial charge in [0, 0.05) is 0 Å². The van der Waals surface area contributed by atoms with E-state index in [1.54, 1.807) is 0 Å². The Morgan fingerprint density at radius 1 is 1.22 bits per heavy atom. The monoisotopic (exact) mass is 383 g/mol. The molecule has 0 spiro atoms. The summed E-state index contributed by atoms with van der Waals surface area (Å²) in [7, 11) is 0. The number of hydrogen-bond acceptors (Lipinski definition) is 10. The maximum Gasteiger partial charge on any atom is 0.326 e. The molecule has 0 aromatic carbocycles. The lowest BCUT2D eigenvalue weighted by atomic mass is 10.1. The standard InChI is InChI=1S/C14H17N5O8/c20-2-6-9(23)10(24)13(27-6)19-4-17-8-11(15-3-16-12(8)19)18-5(14(25)26)1-7(21)22/h3-6,9-10,13,20,23-24H,1-2H2,(H,21,22)(H,25,26)(H,15,16,18)/t5?,6-,9+,10+,13-/m1/s1. The molecule has 3 heterocycles. The van der Waals surface area contributed by atoms with Gasteiger partial charge in [-0.3, -0.25) is 9.36 Å². The van der Waals surface area contributed by atoms with Crippen molar-refractivity contribution in [2.45, 2.75) is 37.0 Å². The lowest BCUT2D eigenvalue weighted by Crippen LogP contribution is -2.33. The Hall–Kier alpha value is -2.87. The topological polar surface area (TPSA) is 200 Å². The van der Waals surface area contributed by atoms with Crippen molar-refractivity contribution in [3.8, 4) is 0 Å². The van der Waals surface area contributed by atoms with Gasteiger partial charge in [0.05, 0.1) is 19.4 Å². The number of carbonyl (C=O) groups is 2. The molecular formula is C14H17N5O8. The van der Waals surface area contributed by atoms with Crippen molar-refractivity contribution >= 4 is 28.9 Å². The van der Waals surface area contributed by atoms with E-state index < -0.39 is 55.5 Å². The first-order valence-corrected chi connectivity index (χ1v) is 7.84. The van der Waals surface area contributed by atoms with Crippen LogP contribution in [0, 0.1) is 0 Å². The van der Waals surface area contributed by atoms with Crippen molar-refractivity contribution in [3.05, 3.63) is 12.7 Å². The van der Waals surface area contributed by atoms with Gasteiger partial charge in [-0.1, -0.05) is 0 Å². The highest BCUT2D eigenvalue weighted by Crippen LogP contribution is 2.32. The minimum absolute atomic E-state index is 0.0147. The lowest BCUT2D eigenvalue weighted by Gasteiger charge is -2.17. The predicted octanol–water partition coefficient (Wildman–Crippen LogP) is -2.22. The zero-order chi connectivity index (χ0) is 19.7. The summed E-state index contributed by atoms with van der Waals surface area (Å²) in [5.41, 5.74) is 0.272. The van der Waals surface area contributed by atoms with Gasteiger partial charge in [0.15, 0.2) is 23.2 Å². The van der Waals surface area contributed by atoms with Crippen LogP contribution in [-0.4, -0.2) is 88.0 Å². The van der Waals surface area contributed by atoms with Gasteiger partial charge in [0.25, 0.3) is 0 Å². The molecule has 0 bridgehead atoms. The second kappa shape index (κ2) is 7.40. The van der Waals surface area contributed by atoms with Crippen LogP contribution in [0.4, 0.5) is 5.82 Å². The number of imidazole rings is 1. The molecule has 5 atom stereocenters. The van der Waals surface area contributed by atoms with Crippen molar-refractivity contribution in [2.24, 2.45) is 0 Å². The number of anilines is 1. The summed E-state index contributed by atoms with van der Waals surface area (Å²) in [5, 5.41) is 49.7. The minimum atomic E-state index is -1.44. The minimum Gasteiger partial charge on any atom is -0.481 e. The number of carboxylic acid groups (broad SMARTS) is 2. The third-order valence-corrected chi connectivity index (χ3v) is 4.14. The molecule has 1 aliphatic heterocycles. The SMILES string of the molecule is O=C(O)CC(Nc1ncnc2c1ncn2[C@@H]1O[C@H](CO)[C@H](O)[C@@H]1O)C(=O)O. The van der Waals surface area contributed by atoms with E-state index in [-0.39, 0.29) is 17.0 Å². The second-order valence-electron chi connectivity index (χ2n) is 5.91. The first kappa shape index (κ1) is 18.9. The van der Waals surface area contributed by atoms with Crippen LogP contribution in [0.15, 0.2) is 12.7 Å². The summed E-state index contributed by atoms with van der Waals surface area (Å²) < 4.78 is 6.72. The number of carboxylic acids is 2. The van der Waals surface area contributed by atoms with Crippen molar-refractivity contribution in [1.29, 1.82) is 0 Å². The quantitative estimate of drug-likeness (QED) is 0.301. The third kappa shape index (κ3) is 3.52. The van der Waals surface area contributed by atoms with Crippen LogP contribution in [0.5, 0.6) is 0 Å². The lowest BCUT2D eigenvalue weighted by molar-refractivity contribution is -0.144. The summed E-state index contributed by atoms with van der Waals surface area (Å²) in [6, 6.07) is -1.44. The molecule has 2 aromatic heterocycles. The first-order valence-electron chi connectivity index (χ1n) is 7.84. The number of aliphatic hydroxyl groups is 3. The number of ether oxygens (including phenoxy) is 1. The normalized spacial score (nSPS) is 26.2. The molecule has 6 N–H and O–H groups in total. The average molecular weight is 383 g/mol. The number of aliphatic carboxylic acids is 2. The summed E-state index contributed by atoms with van der Waals surface area (Å²) in [5.74, 6) is -2.71. The molecule has 2 aromatic rings. The molecule has 13 heteroatoms. The van der Waals surface area contributed by atoms with Crippen LogP contribution in [0.25, 0.3) is 11.2 Å². The molecule has 27 heavy (non-hydrogen) atoms. The highest BCUT2D eigenvalue weighted by molar-refractivity contribution is 5.88. The largest absolute Gasteiger partial charge is 0.481 e. The summed E-state index contributed by atoms with van der Waals surface area (Å²) in [6.07, 6.45) is -3.08. The van der Waals surface area contributed by atoms with Crippen LogP contribution in [0.3, 0.4) is 0 Å². The van der Waals surface area contributed by atoms with Gasteiger partial charge in [-0.25, -0.2) is 19.7 Å². The molecule has 1 saturated heterocycles. The van der Waals surface area contributed by atoms with Crippen LogP contribution >= 0.6 is 0 Å². The van der Waals surface area contributed by atoms with Gasteiger partial charge in [-0.05, 0) is 0 Å². The maximum absolute atomic E-state index is 11.2. The van der Waals surface area contributed by atoms with Crippen molar-refractivity contribution in [1.82, 2.24) is 19.5 Å². The van der Waals surface area contributed by atoms with E-state index in [4.69, 9.17) is 14.9 Å². The Labute approximate surface area is 150 Å². The van der Waals surface area contributed by atoms with Crippen LogP contribution in [0.2, 0.25) is 0 Å². The van der Waals surface area contributed by atoms with Gasteiger partial charge in [0.1, 0.15) is 30.7 Å². The molecule has 0 radical (unpaired) electrons. The number of nitrogens with zero attached hydrogens (tertiary/aromatic N) is 4. The van der Waals surface area contributed by atoms with E-state index in [9.17, 15) is 24.9 Å². The van der Waals surface area contributed by atoms with Crippen LogP contribution < -0.4 is 5.32 Å². The Balaban J connectivity index is 1.93. The smallest absolute Gasteiger partial charge is 0.326 e. The molecule has 3 rings (SSSR count). The molecular weight excluding hydrogens is 366 g/mol. The van der Waals surface area contributed by atoms with Gasteiger partial charge in [0.2, 0.25) is 0 Å². The third-order valence-electron chi connectivity index (χ3n) is 4.14. The second-order valence-corrected chi connectivity index (χ2v) is 5.91. The zero-order valence-electron chi connectivity index (χ0n) is 13.7. The Morgan fingerprint density at radius 3 is 2.56 bits per heavy atom. The fraction of sp³-hybridized carbons (Fsp3) is 0.500. The highest BCUT2D eigenvalue weighted by atomic mass is 16.6. The first-order chi connectivity index (χ1) is 12.8. The maximum atomic E-state index is 11.2. The molecule has 13 nitrogen and oxygen atoms in total.